The number of hydrogen-bond acceptors (Lipinski definition) is 7. The van der Waals surface area contributed by atoms with Crippen LogP contribution in [0.5, 0.6) is 0 Å². The van der Waals surface area contributed by atoms with Gasteiger partial charge in [0.2, 0.25) is 11.8 Å². The number of esters is 1. The summed E-state index contributed by atoms with van der Waals surface area (Å²) in [6.45, 7) is 17.0. The number of fused-ring (bicyclic) bond motifs is 3. The topological polar surface area (TPSA) is 114 Å². The van der Waals surface area contributed by atoms with Gasteiger partial charge in [-0.05, 0) is 60.8 Å². The van der Waals surface area contributed by atoms with Crippen LogP contribution in [0.1, 0.15) is 92.2 Å². The lowest BCUT2D eigenvalue weighted by molar-refractivity contribution is -0.161. The molecule has 0 fully saturated rings. The normalized spacial score (nSPS) is 15.7. The quantitative estimate of drug-likeness (QED) is 0.208. The molecule has 5 unspecified atom stereocenters. The summed E-state index contributed by atoms with van der Waals surface area (Å²) < 4.78 is 17.2. The highest BCUT2D eigenvalue weighted by Crippen LogP contribution is 2.44. The van der Waals surface area contributed by atoms with Gasteiger partial charge in [-0.1, -0.05) is 96.5 Å². The van der Waals surface area contributed by atoms with E-state index in [1.807, 2.05) is 65.8 Å². The Balaban J connectivity index is 1.77. The van der Waals surface area contributed by atoms with Crippen LogP contribution in [0.2, 0.25) is 0 Å². The van der Waals surface area contributed by atoms with Gasteiger partial charge in [-0.25, -0.2) is 4.79 Å². The third-order valence-corrected chi connectivity index (χ3v) is 9.67. The first-order chi connectivity index (χ1) is 23.4. The fourth-order valence-corrected chi connectivity index (χ4v) is 6.98. The molecule has 276 valence electrons. The van der Waals surface area contributed by atoms with Crippen LogP contribution >= 0.6 is 0 Å². The molecule has 0 bridgehead atoms. The predicted octanol–water partition coefficient (Wildman–Crippen LogP) is 6.65. The minimum Gasteiger partial charge on any atom is -0.460 e. The summed E-state index contributed by atoms with van der Waals surface area (Å²) in [6, 6.07) is 14.0. The second kappa shape index (κ2) is 17.3. The minimum absolute atomic E-state index is 0.0250. The highest BCUT2D eigenvalue weighted by atomic mass is 16.6. The lowest BCUT2D eigenvalue weighted by Crippen LogP contribution is -2.60. The standard InChI is InChI=1S/C40H59N3O7/c1-13-26(6)36(32(48-12)22-33(44)50-40(7,8)9)42(10)38(46)34(24(2)3)41-37(45)35(25(4)5)43(11)39(47)49-23-31-29-20-16-14-18-27(29)28-19-15-17-21-30(28)31/h14-21,24-26,31-32,34-36H,13,22-23H2,1-12H3,(H,41,45). The maximum absolute atomic E-state index is 14.2. The van der Waals surface area contributed by atoms with E-state index in [4.69, 9.17) is 14.2 Å². The Bertz CT molecular complexity index is 1440. The molecule has 1 aliphatic rings. The number of likely N-dealkylation sites (N-methyl/N-ethyl adjacent to an activating group) is 2. The van der Waals surface area contributed by atoms with Gasteiger partial charge in [-0.2, -0.15) is 0 Å². The van der Waals surface area contributed by atoms with Crippen molar-refractivity contribution in [1.29, 1.82) is 0 Å². The van der Waals surface area contributed by atoms with E-state index in [1.54, 1.807) is 39.8 Å². The average molecular weight is 694 g/mol. The number of hydrogen-bond donors (Lipinski definition) is 1. The molecule has 0 saturated heterocycles. The zero-order chi connectivity index (χ0) is 37.5. The van der Waals surface area contributed by atoms with Crippen molar-refractivity contribution in [2.75, 3.05) is 27.8 Å². The molecule has 50 heavy (non-hydrogen) atoms. The molecule has 5 atom stereocenters. The van der Waals surface area contributed by atoms with Gasteiger partial charge in [0, 0.05) is 27.1 Å². The first kappa shape index (κ1) is 40.5. The molecule has 2 aromatic rings. The number of carbonyl (C=O) groups excluding carboxylic acids is 4. The molecule has 3 amide bonds. The smallest absolute Gasteiger partial charge is 0.410 e. The van der Waals surface area contributed by atoms with E-state index in [2.05, 4.69) is 29.6 Å². The van der Waals surface area contributed by atoms with Crippen LogP contribution in [-0.4, -0.2) is 91.3 Å². The first-order valence-corrected chi connectivity index (χ1v) is 17.8. The van der Waals surface area contributed by atoms with Gasteiger partial charge in [-0.3, -0.25) is 19.3 Å². The second-order valence-corrected chi connectivity index (χ2v) is 15.2. The fourth-order valence-electron chi connectivity index (χ4n) is 6.98. The van der Waals surface area contributed by atoms with E-state index in [-0.39, 0.29) is 42.6 Å². The van der Waals surface area contributed by atoms with Crippen LogP contribution < -0.4 is 5.32 Å². The molecule has 1 aliphatic carbocycles. The molecule has 3 rings (SSSR count). The number of methoxy groups -OCH3 is 1. The van der Waals surface area contributed by atoms with E-state index < -0.39 is 47.8 Å². The van der Waals surface area contributed by atoms with Crippen LogP contribution in [0.4, 0.5) is 4.79 Å². The van der Waals surface area contributed by atoms with E-state index in [1.165, 1.54) is 12.0 Å². The van der Waals surface area contributed by atoms with Crippen molar-refractivity contribution in [3.8, 4) is 11.1 Å². The monoisotopic (exact) mass is 693 g/mol. The summed E-state index contributed by atoms with van der Waals surface area (Å²) >= 11 is 0. The summed E-state index contributed by atoms with van der Waals surface area (Å²) in [5.74, 6) is -1.86. The van der Waals surface area contributed by atoms with E-state index in [0.717, 1.165) is 28.7 Å². The zero-order valence-electron chi connectivity index (χ0n) is 32.1. The number of benzene rings is 2. The lowest BCUT2D eigenvalue weighted by atomic mass is 9.90. The van der Waals surface area contributed by atoms with Crippen molar-refractivity contribution in [1.82, 2.24) is 15.1 Å². The van der Waals surface area contributed by atoms with Gasteiger partial charge in [0.15, 0.2) is 0 Å². The van der Waals surface area contributed by atoms with Crippen LogP contribution in [0.25, 0.3) is 11.1 Å². The summed E-state index contributed by atoms with van der Waals surface area (Å²) in [6.07, 6.45) is -0.540. The molecule has 10 nitrogen and oxygen atoms in total. The van der Waals surface area contributed by atoms with Crippen LogP contribution in [0, 0.1) is 17.8 Å². The second-order valence-electron chi connectivity index (χ2n) is 15.2. The summed E-state index contributed by atoms with van der Waals surface area (Å²) in [5.41, 5.74) is 3.80. The van der Waals surface area contributed by atoms with Crippen molar-refractivity contribution in [2.45, 2.75) is 111 Å². The first-order valence-electron chi connectivity index (χ1n) is 17.8. The van der Waals surface area contributed by atoms with Gasteiger partial charge >= 0.3 is 12.1 Å². The zero-order valence-corrected chi connectivity index (χ0v) is 32.1. The Morgan fingerprint density at radius 1 is 0.840 bits per heavy atom. The maximum Gasteiger partial charge on any atom is 0.410 e. The molecule has 2 aromatic carbocycles. The lowest BCUT2D eigenvalue weighted by Gasteiger charge is -2.40. The van der Waals surface area contributed by atoms with Crippen LogP contribution in [-0.2, 0) is 28.6 Å². The number of nitrogens with zero attached hydrogens (tertiary/aromatic N) is 2. The van der Waals surface area contributed by atoms with E-state index in [9.17, 15) is 19.2 Å². The van der Waals surface area contributed by atoms with Crippen LogP contribution in [0.3, 0.4) is 0 Å². The number of rotatable bonds is 15. The van der Waals surface area contributed by atoms with Gasteiger partial charge in [0.1, 0.15) is 24.3 Å². The van der Waals surface area contributed by atoms with Gasteiger partial charge in [-0.15, -0.1) is 0 Å². The van der Waals surface area contributed by atoms with Gasteiger partial charge in [0.25, 0.3) is 0 Å². The summed E-state index contributed by atoms with van der Waals surface area (Å²) in [4.78, 5) is 57.4. The Kier molecular flexibility index (Phi) is 14.0. The molecule has 0 aliphatic heterocycles. The van der Waals surface area contributed by atoms with Crippen molar-refractivity contribution >= 4 is 23.9 Å². The molecular formula is C40H59N3O7. The minimum atomic E-state index is -0.894. The number of amides is 3. The van der Waals surface area contributed by atoms with Crippen molar-refractivity contribution < 1.29 is 33.4 Å². The third kappa shape index (κ3) is 9.65. The number of ether oxygens (including phenoxy) is 3. The maximum atomic E-state index is 14.2. The van der Waals surface area contributed by atoms with Crippen molar-refractivity contribution in [3.63, 3.8) is 0 Å². The Morgan fingerprint density at radius 3 is 1.84 bits per heavy atom. The Morgan fingerprint density at radius 2 is 1.38 bits per heavy atom. The Hall–Kier alpha value is -3.92. The van der Waals surface area contributed by atoms with E-state index >= 15 is 0 Å². The van der Waals surface area contributed by atoms with Crippen molar-refractivity contribution in [3.05, 3.63) is 59.7 Å². The van der Waals surface area contributed by atoms with Crippen LogP contribution in [0.15, 0.2) is 48.5 Å². The van der Waals surface area contributed by atoms with E-state index in [0.29, 0.717) is 0 Å². The molecule has 0 spiro atoms. The molecule has 0 saturated carbocycles. The Labute approximate surface area is 299 Å². The van der Waals surface area contributed by atoms with Gasteiger partial charge < -0.3 is 24.4 Å². The van der Waals surface area contributed by atoms with Crippen molar-refractivity contribution in [2.24, 2.45) is 17.8 Å². The molecular weight excluding hydrogens is 634 g/mol. The average Bonchev–Trinajstić information content (AvgIpc) is 3.37. The predicted molar refractivity (Wildman–Crippen MR) is 195 cm³/mol. The fraction of sp³-hybridized carbons (Fsp3) is 0.600. The SMILES string of the molecule is CCC(C)C(C(CC(=O)OC(C)(C)C)OC)N(C)C(=O)C(NC(=O)C(C(C)C)N(C)C(=O)OCC1c2ccccc2-c2ccccc21)C(C)C. The largest absolute Gasteiger partial charge is 0.460 e. The number of nitrogens with one attached hydrogen (secondary N) is 1. The summed E-state index contributed by atoms with van der Waals surface area (Å²) in [5, 5.41) is 2.97. The molecule has 1 N–H and O–H groups in total. The third-order valence-electron chi connectivity index (χ3n) is 9.67. The molecule has 0 heterocycles. The highest BCUT2D eigenvalue weighted by molar-refractivity contribution is 5.91. The molecule has 0 aromatic heterocycles. The summed E-state index contributed by atoms with van der Waals surface area (Å²) in [7, 11) is 4.77. The van der Waals surface area contributed by atoms with Gasteiger partial charge in [0.05, 0.1) is 18.6 Å². The molecule has 0 radical (unpaired) electrons. The molecule has 10 heteroatoms. The number of carbonyl (C=O) groups is 4. The highest BCUT2D eigenvalue weighted by Gasteiger charge is 2.40.